The van der Waals surface area contributed by atoms with Crippen LogP contribution in [-0.4, -0.2) is 90.4 Å². The largest absolute Gasteiger partial charge is 0.460 e. The Labute approximate surface area is 231 Å². The van der Waals surface area contributed by atoms with Crippen molar-refractivity contribution in [3.05, 3.63) is 35.9 Å². The number of rotatable bonds is 10. The molecule has 0 aliphatic carbocycles. The highest BCUT2D eigenvalue weighted by molar-refractivity contribution is 5.68. The summed E-state index contributed by atoms with van der Waals surface area (Å²) in [7, 11) is 0. The minimum absolute atomic E-state index is 0.102. The van der Waals surface area contributed by atoms with Crippen LogP contribution in [0.1, 0.15) is 47.1 Å². The molecule has 13 heteroatoms. The van der Waals surface area contributed by atoms with Gasteiger partial charge in [-0.1, -0.05) is 30.3 Å². The van der Waals surface area contributed by atoms with Crippen LogP contribution in [0.2, 0.25) is 0 Å². The van der Waals surface area contributed by atoms with Crippen LogP contribution in [-0.2, 0) is 63.7 Å². The van der Waals surface area contributed by atoms with Gasteiger partial charge in [-0.05, 0) is 19.4 Å². The van der Waals surface area contributed by atoms with Gasteiger partial charge in [0.25, 0.3) is 0 Å². The number of aliphatic hydroxyl groups is 1. The van der Waals surface area contributed by atoms with Crippen LogP contribution < -0.4 is 0 Å². The molecule has 13 nitrogen and oxygen atoms in total. The molecular weight excluding hydrogens is 532 g/mol. The van der Waals surface area contributed by atoms with Crippen molar-refractivity contribution in [3.63, 3.8) is 0 Å². The maximum Gasteiger partial charge on any atom is 0.303 e. The molecule has 0 amide bonds. The molecule has 3 rings (SSSR count). The second-order valence-electron chi connectivity index (χ2n) is 9.60. The molecule has 1 aromatic rings. The zero-order chi connectivity index (χ0) is 29.6. The minimum atomic E-state index is -1.57. The molecule has 2 aliphatic rings. The quantitative estimate of drug-likeness (QED) is 0.316. The Bertz CT molecular complexity index is 1030. The number of esters is 4. The number of carbonyl (C=O) groups is 4. The Morgan fingerprint density at radius 2 is 1.38 bits per heavy atom. The van der Waals surface area contributed by atoms with E-state index in [0.29, 0.717) is 0 Å². The number of ether oxygens (including phenoxy) is 8. The molecule has 0 aromatic heterocycles. The highest BCUT2D eigenvalue weighted by Gasteiger charge is 2.55. The maximum atomic E-state index is 12.0. The van der Waals surface area contributed by atoms with Gasteiger partial charge < -0.3 is 43.0 Å². The first kappa shape index (κ1) is 31.4. The lowest BCUT2D eigenvalue weighted by atomic mass is 9.98. The summed E-state index contributed by atoms with van der Waals surface area (Å²) in [6, 6.07) is 9.20. The zero-order valence-corrected chi connectivity index (χ0v) is 23.2. The predicted molar refractivity (Wildman–Crippen MR) is 133 cm³/mol. The lowest BCUT2D eigenvalue weighted by Crippen LogP contribution is -2.62. The Balaban J connectivity index is 1.92. The van der Waals surface area contributed by atoms with Crippen molar-refractivity contribution in [1.82, 2.24) is 0 Å². The lowest BCUT2D eigenvalue weighted by Gasteiger charge is -2.44. The van der Waals surface area contributed by atoms with E-state index in [4.69, 9.17) is 37.9 Å². The topological polar surface area (TPSA) is 162 Å². The fourth-order valence-electron chi connectivity index (χ4n) is 4.71. The van der Waals surface area contributed by atoms with Crippen LogP contribution in [0.15, 0.2) is 30.3 Å². The van der Waals surface area contributed by atoms with Gasteiger partial charge in [-0.3, -0.25) is 19.2 Å². The summed E-state index contributed by atoms with van der Waals surface area (Å²) in [6.45, 7) is 7.94. The second-order valence-corrected chi connectivity index (χ2v) is 9.60. The standard InChI is InChI=1S/C27H36O13/c1-13(34-15(3)28)20-22(33-12-19-10-8-7-9-11-19)24(26(32)39-20)40-27-25(38-18(6)31)23(37-17(5)30)21(14(2)35-27)36-16(4)29/h7-11,13-14,20-27,32H,12H2,1-6H3/t13-,14+,20-,21-,22+,23-,24+,25+,26+,27-/m1/s1. The van der Waals surface area contributed by atoms with Crippen molar-refractivity contribution in [3.8, 4) is 0 Å². The van der Waals surface area contributed by atoms with Crippen molar-refractivity contribution >= 4 is 23.9 Å². The average Bonchev–Trinajstić information content (AvgIpc) is 3.17. The van der Waals surface area contributed by atoms with Gasteiger partial charge in [0.2, 0.25) is 0 Å². The van der Waals surface area contributed by atoms with Gasteiger partial charge in [0, 0.05) is 27.7 Å². The summed E-state index contributed by atoms with van der Waals surface area (Å²) in [5.74, 6) is -2.71. The SMILES string of the molecule is CC(=O)O[C@H]1[C@H](OC(C)=O)[C@@H](O[C@H]2[C@@H](OCc3ccccc3)[C@@H]([C@@H](C)OC(C)=O)O[C@@H]2O)O[C@@H](C)[C@H]1OC(C)=O. The molecule has 1 aromatic carbocycles. The summed E-state index contributed by atoms with van der Waals surface area (Å²) < 4.78 is 45.3. The third-order valence-electron chi connectivity index (χ3n) is 6.25. The van der Waals surface area contributed by atoms with Gasteiger partial charge >= 0.3 is 23.9 Å². The molecule has 2 aliphatic heterocycles. The number of benzene rings is 1. The molecule has 0 saturated carbocycles. The number of carbonyl (C=O) groups excluding carboxylic acids is 4. The minimum Gasteiger partial charge on any atom is -0.460 e. The fourth-order valence-corrected chi connectivity index (χ4v) is 4.71. The molecule has 2 fully saturated rings. The number of hydrogen-bond donors (Lipinski definition) is 1. The first-order valence-electron chi connectivity index (χ1n) is 12.9. The van der Waals surface area contributed by atoms with E-state index in [1.54, 1.807) is 13.8 Å². The molecule has 2 saturated heterocycles. The summed E-state index contributed by atoms with van der Waals surface area (Å²) in [6.07, 6.45) is -11.7. The predicted octanol–water partition coefficient (Wildman–Crippen LogP) is 1.17. The molecule has 40 heavy (non-hydrogen) atoms. The van der Waals surface area contributed by atoms with Gasteiger partial charge in [0.05, 0.1) is 12.7 Å². The van der Waals surface area contributed by atoms with E-state index in [1.807, 2.05) is 30.3 Å². The van der Waals surface area contributed by atoms with Crippen LogP contribution in [0.4, 0.5) is 0 Å². The Morgan fingerprint density at radius 3 is 1.95 bits per heavy atom. The summed E-state index contributed by atoms with van der Waals surface area (Å²) >= 11 is 0. The Hall–Kier alpha value is -3.10. The molecule has 0 spiro atoms. The molecule has 0 radical (unpaired) electrons. The first-order valence-corrected chi connectivity index (χ1v) is 12.9. The Morgan fingerprint density at radius 1 is 0.800 bits per heavy atom. The summed E-state index contributed by atoms with van der Waals surface area (Å²) in [5.41, 5.74) is 0.820. The van der Waals surface area contributed by atoms with Crippen molar-refractivity contribution in [2.75, 3.05) is 0 Å². The third kappa shape index (κ3) is 8.21. The van der Waals surface area contributed by atoms with Crippen molar-refractivity contribution in [2.45, 2.75) is 110 Å². The summed E-state index contributed by atoms with van der Waals surface area (Å²) in [4.78, 5) is 47.4. The van der Waals surface area contributed by atoms with Gasteiger partial charge in [0.15, 0.2) is 30.9 Å². The van der Waals surface area contributed by atoms with E-state index < -0.39 is 85.3 Å². The van der Waals surface area contributed by atoms with Crippen LogP contribution >= 0.6 is 0 Å². The van der Waals surface area contributed by atoms with Crippen LogP contribution in [0.25, 0.3) is 0 Å². The molecule has 10 atom stereocenters. The van der Waals surface area contributed by atoms with Crippen molar-refractivity contribution in [1.29, 1.82) is 0 Å². The third-order valence-corrected chi connectivity index (χ3v) is 6.25. The van der Waals surface area contributed by atoms with Crippen molar-refractivity contribution in [2.24, 2.45) is 0 Å². The van der Waals surface area contributed by atoms with E-state index in [9.17, 15) is 24.3 Å². The lowest BCUT2D eigenvalue weighted by molar-refractivity contribution is -0.323. The van der Waals surface area contributed by atoms with Gasteiger partial charge in [0.1, 0.15) is 24.4 Å². The molecule has 0 unspecified atom stereocenters. The van der Waals surface area contributed by atoms with E-state index in [1.165, 1.54) is 13.8 Å². The fraction of sp³-hybridized carbons (Fsp3) is 0.630. The van der Waals surface area contributed by atoms with E-state index in [2.05, 4.69) is 0 Å². The van der Waals surface area contributed by atoms with Gasteiger partial charge in [-0.15, -0.1) is 0 Å². The number of hydrogen-bond acceptors (Lipinski definition) is 13. The highest BCUT2D eigenvalue weighted by atomic mass is 16.8. The average molecular weight is 569 g/mol. The normalized spacial score (nSPS) is 32.5. The molecule has 222 valence electrons. The summed E-state index contributed by atoms with van der Waals surface area (Å²) in [5, 5.41) is 10.9. The molecular formula is C27H36O13. The first-order chi connectivity index (χ1) is 18.9. The van der Waals surface area contributed by atoms with Crippen LogP contribution in [0, 0.1) is 0 Å². The van der Waals surface area contributed by atoms with E-state index in [0.717, 1.165) is 19.4 Å². The van der Waals surface area contributed by atoms with Crippen molar-refractivity contribution < 1.29 is 62.2 Å². The zero-order valence-electron chi connectivity index (χ0n) is 23.2. The van der Waals surface area contributed by atoms with Crippen LogP contribution in [0.3, 0.4) is 0 Å². The molecule has 0 bridgehead atoms. The smallest absolute Gasteiger partial charge is 0.303 e. The maximum absolute atomic E-state index is 12.0. The van der Waals surface area contributed by atoms with E-state index in [-0.39, 0.29) is 6.61 Å². The second kappa shape index (κ2) is 14.0. The monoisotopic (exact) mass is 568 g/mol. The van der Waals surface area contributed by atoms with Gasteiger partial charge in [-0.2, -0.15) is 0 Å². The highest BCUT2D eigenvalue weighted by Crippen LogP contribution is 2.35. The van der Waals surface area contributed by atoms with Crippen LogP contribution in [0.5, 0.6) is 0 Å². The van der Waals surface area contributed by atoms with Gasteiger partial charge in [-0.25, -0.2) is 0 Å². The molecule has 2 heterocycles. The van der Waals surface area contributed by atoms with E-state index >= 15 is 0 Å². The Kier molecular flexibility index (Phi) is 11.0. The number of aliphatic hydroxyl groups excluding tert-OH is 1. The molecule has 1 N–H and O–H groups in total.